The van der Waals surface area contributed by atoms with Gasteiger partial charge in [0.2, 0.25) is 0 Å². The number of fused-ring (bicyclic) bond motifs is 1. The van der Waals surface area contributed by atoms with Crippen LogP contribution in [0.25, 0.3) is 11.0 Å². The normalized spacial score (nSPS) is 10.7. The van der Waals surface area contributed by atoms with E-state index in [9.17, 15) is 4.79 Å². The van der Waals surface area contributed by atoms with Crippen molar-refractivity contribution in [1.29, 1.82) is 0 Å². The predicted octanol–water partition coefficient (Wildman–Crippen LogP) is 2.54. The summed E-state index contributed by atoms with van der Waals surface area (Å²) in [6.07, 6.45) is 0. The van der Waals surface area contributed by atoms with E-state index in [1.807, 2.05) is 6.07 Å². The number of hydrogen-bond donors (Lipinski definition) is 2. The highest BCUT2D eigenvalue weighted by molar-refractivity contribution is 5.82. The van der Waals surface area contributed by atoms with Gasteiger partial charge in [-0.05, 0) is 36.4 Å². The third kappa shape index (κ3) is 2.81. The van der Waals surface area contributed by atoms with Crippen LogP contribution in [0.5, 0.6) is 5.75 Å². The number of nitrogen functional groups attached to an aromatic ring is 2. The van der Waals surface area contributed by atoms with Crippen LogP contribution in [0.1, 0.15) is 5.56 Å². The Morgan fingerprint density at radius 2 is 1.67 bits per heavy atom. The molecule has 0 unspecified atom stereocenters. The van der Waals surface area contributed by atoms with Gasteiger partial charge in [0.05, 0.1) is 0 Å². The summed E-state index contributed by atoms with van der Waals surface area (Å²) in [6, 6.07) is 13.7. The van der Waals surface area contributed by atoms with Gasteiger partial charge < -0.3 is 20.6 Å². The molecule has 0 saturated heterocycles. The zero-order chi connectivity index (χ0) is 14.8. The first-order valence-corrected chi connectivity index (χ1v) is 6.42. The molecular weight excluding hydrogens is 268 g/mol. The Kier molecular flexibility index (Phi) is 3.23. The molecular formula is C16H14N2O3. The lowest BCUT2D eigenvalue weighted by molar-refractivity contribution is 0.306. The predicted molar refractivity (Wildman–Crippen MR) is 82.1 cm³/mol. The van der Waals surface area contributed by atoms with Gasteiger partial charge in [0.25, 0.3) is 0 Å². The van der Waals surface area contributed by atoms with Gasteiger partial charge in [-0.3, -0.25) is 0 Å². The van der Waals surface area contributed by atoms with Crippen molar-refractivity contribution in [3.8, 4) is 5.75 Å². The highest BCUT2D eigenvalue weighted by atomic mass is 16.5. The summed E-state index contributed by atoms with van der Waals surface area (Å²) >= 11 is 0. The fourth-order valence-electron chi connectivity index (χ4n) is 2.09. The molecule has 0 aliphatic carbocycles. The number of nitrogens with two attached hydrogens (primary N) is 2. The molecule has 4 N–H and O–H groups in total. The molecule has 3 rings (SSSR count). The SMILES string of the molecule is Nc1ccc(OCc2cc(=O)oc3cc(N)ccc23)cc1. The number of ether oxygens (including phenoxy) is 1. The van der Waals surface area contributed by atoms with Crippen LogP contribution in [-0.2, 0) is 6.61 Å². The number of rotatable bonds is 3. The van der Waals surface area contributed by atoms with Gasteiger partial charge in [0, 0.05) is 34.5 Å². The molecule has 1 aromatic heterocycles. The minimum atomic E-state index is -0.427. The maximum absolute atomic E-state index is 11.6. The highest BCUT2D eigenvalue weighted by Gasteiger charge is 2.07. The molecule has 0 radical (unpaired) electrons. The van der Waals surface area contributed by atoms with Crippen LogP contribution >= 0.6 is 0 Å². The maximum atomic E-state index is 11.6. The second kappa shape index (κ2) is 5.20. The largest absolute Gasteiger partial charge is 0.489 e. The Balaban J connectivity index is 1.93. The van der Waals surface area contributed by atoms with Crippen LogP contribution in [0.2, 0.25) is 0 Å². The van der Waals surface area contributed by atoms with Gasteiger partial charge in [-0.2, -0.15) is 0 Å². The summed E-state index contributed by atoms with van der Waals surface area (Å²) < 4.78 is 10.8. The third-order valence-corrected chi connectivity index (χ3v) is 3.13. The van der Waals surface area contributed by atoms with E-state index in [4.69, 9.17) is 20.6 Å². The van der Waals surface area contributed by atoms with Gasteiger partial charge in [0.1, 0.15) is 17.9 Å². The molecule has 0 aliphatic rings. The molecule has 106 valence electrons. The van der Waals surface area contributed by atoms with Crippen molar-refractivity contribution in [2.24, 2.45) is 0 Å². The molecule has 3 aromatic rings. The highest BCUT2D eigenvalue weighted by Crippen LogP contribution is 2.21. The molecule has 0 spiro atoms. The van der Waals surface area contributed by atoms with Crippen LogP contribution in [-0.4, -0.2) is 0 Å². The zero-order valence-corrected chi connectivity index (χ0v) is 11.2. The first kappa shape index (κ1) is 13.1. The Morgan fingerprint density at radius 3 is 2.43 bits per heavy atom. The third-order valence-electron chi connectivity index (χ3n) is 3.13. The second-order valence-electron chi connectivity index (χ2n) is 4.70. The Hall–Kier alpha value is -2.95. The first-order valence-electron chi connectivity index (χ1n) is 6.42. The number of benzene rings is 2. The molecule has 21 heavy (non-hydrogen) atoms. The second-order valence-corrected chi connectivity index (χ2v) is 4.70. The lowest BCUT2D eigenvalue weighted by atomic mass is 10.1. The first-order chi connectivity index (χ1) is 10.1. The summed E-state index contributed by atoms with van der Waals surface area (Å²) in [7, 11) is 0. The van der Waals surface area contributed by atoms with Crippen LogP contribution in [0, 0.1) is 0 Å². The molecule has 1 heterocycles. The molecule has 5 heteroatoms. The topological polar surface area (TPSA) is 91.5 Å². The fourth-order valence-corrected chi connectivity index (χ4v) is 2.09. The van der Waals surface area contributed by atoms with Crippen molar-refractivity contribution in [2.75, 3.05) is 11.5 Å². The van der Waals surface area contributed by atoms with Crippen LogP contribution in [0.3, 0.4) is 0 Å². The van der Waals surface area contributed by atoms with E-state index >= 15 is 0 Å². The van der Waals surface area contributed by atoms with Gasteiger partial charge in [-0.1, -0.05) is 0 Å². The van der Waals surface area contributed by atoms with Crippen molar-refractivity contribution in [2.45, 2.75) is 6.61 Å². The molecule has 0 amide bonds. The number of anilines is 2. The number of hydrogen-bond acceptors (Lipinski definition) is 5. The van der Waals surface area contributed by atoms with E-state index in [1.165, 1.54) is 6.07 Å². The molecule has 0 atom stereocenters. The van der Waals surface area contributed by atoms with E-state index in [1.54, 1.807) is 36.4 Å². The minimum Gasteiger partial charge on any atom is -0.489 e. The lowest BCUT2D eigenvalue weighted by Gasteiger charge is -2.08. The minimum absolute atomic E-state index is 0.260. The molecule has 0 bridgehead atoms. The van der Waals surface area contributed by atoms with Crippen molar-refractivity contribution >= 4 is 22.3 Å². The lowest BCUT2D eigenvalue weighted by Crippen LogP contribution is -2.04. The maximum Gasteiger partial charge on any atom is 0.336 e. The monoisotopic (exact) mass is 282 g/mol. The van der Waals surface area contributed by atoms with E-state index < -0.39 is 5.63 Å². The summed E-state index contributed by atoms with van der Waals surface area (Å²) in [4.78, 5) is 11.6. The average Bonchev–Trinajstić information content (AvgIpc) is 2.45. The molecule has 0 saturated carbocycles. The van der Waals surface area contributed by atoms with Gasteiger partial charge in [-0.15, -0.1) is 0 Å². The standard InChI is InChI=1S/C16H14N2O3/c17-11-1-4-13(5-2-11)20-9-10-7-16(19)21-15-8-12(18)3-6-14(10)15/h1-8H,9,17-18H2. The van der Waals surface area contributed by atoms with Gasteiger partial charge in [0.15, 0.2) is 0 Å². The molecule has 0 fully saturated rings. The fraction of sp³-hybridized carbons (Fsp3) is 0.0625. The van der Waals surface area contributed by atoms with Crippen LogP contribution in [0.15, 0.2) is 57.7 Å². The summed E-state index contributed by atoms with van der Waals surface area (Å²) in [5, 5.41) is 0.805. The van der Waals surface area contributed by atoms with Crippen molar-refractivity contribution in [3.63, 3.8) is 0 Å². The smallest absolute Gasteiger partial charge is 0.336 e. The summed E-state index contributed by atoms with van der Waals surface area (Å²) in [6.45, 7) is 0.260. The van der Waals surface area contributed by atoms with Crippen molar-refractivity contribution < 1.29 is 9.15 Å². The molecule has 5 nitrogen and oxygen atoms in total. The zero-order valence-electron chi connectivity index (χ0n) is 11.2. The quantitative estimate of drug-likeness (QED) is 0.569. The van der Waals surface area contributed by atoms with Gasteiger partial charge >= 0.3 is 5.63 Å². The van der Waals surface area contributed by atoms with E-state index in [-0.39, 0.29) is 6.61 Å². The van der Waals surface area contributed by atoms with E-state index in [0.29, 0.717) is 22.7 Å². The Morgan fingerprint density at radius 1 is 0.952 bits per heavy atom. The molecule has 2 aromatic carbocycles. The van der Waals surface area contributed by atoms with E-state index in [0.717, 1.165) is 10.9 Å². The molecule has 0 aliphatic heterocycles. The Bertz CT molecular complexity index is 838. The Labute approximate surface area is 120 Å². The van der Waals surface area contributed by atoms with Crippen LogP contribution in [0.4, 0.5) is 11.4 Å². The summed E-state index contributed by atoms with van der Waals surface area (Å²) in [5.74, 6) is 0.682. The van der Waals surface area contributed by atoms with Gasteiger partial charge in [-0.25, -0.2) is 4.79 Å². The van der Waals surface area contributed by atoms with Crippen LogP contribution < -0.4 is 21.8 Å². The summed E-state index contributed by atoms with van der Waals surface area (Å²) in [5.41, 5.74) is 13.3. The van der Waals surface area contributed by atoms with Crippen molar-refractivity contribution in [1.82, 2.24) is 0 Å². The van der Waals surface area contributed by atoms with Crippen molar-refractivity contribution in [3.05, 3.63) is 64.5 Å². The van der Waals surface area contributed by atoms with E-state index in [2.05, 4.69) is 0 Å². The average molecular weight is 282 g/mol.